The number of ether oxygens (including phenoxy) is 8. The summed E-state index contributed by atoms with van der Waals surface area (Å²) in [4.78, 5) is 110. The quantitative estimate of drug-likeness (QED) is 0.00820. The zero-order valence-electron chi connectivity index (χ0n) is 79.5. The smallest absolute Gasteiger partial charge is 0.328 e. The Balaban J connectivity index is 0.000000266. The zero-order chi connectivity index (χ0) is 95.9. The number of aromatic amines is 1. The van der Waals surface area contributed by atoms with Gasteiger partial charge in [-0.15, -0.1) is 0 Å². The molecule has 1 radical (unpaired) electrons. The number of amides is 1. The molecule has 14 rings (SSSR count). The van der Waals surface area contributed by atoms with E-state index in [4.69, 9.17) is 71.7 Å². The number of rotatable bonds is 33. The number of esters is 2. The Bertz CT molecular complexity index is 6140. The standard InChI is InChI=1S/C24H33N5O4.C22H28BrN5O3.C19H24N6O4.C17H18N6O3.C13H22N.CH4.ClH.W.Y/c1-6-8-12-32-22-27-20(25)19-21(28-22)29(23(26-19)31-7-2)15-17-11-9-10-16(13-17)14-18(30)33-24(3,4)5;1-5-6-10-30-21-26-18(24)17-19(27-21)28(20(23)25-17)13-15-9-7-8-14(11-15)12-16(29)31-22(2,3)4;1-2-28-19-22-15-16(21)23-18(29-8-4-7-20)24-17(15)25(19)11-13-6-3-5-12(9-13)10-14(26)27;18-14-13-15-22-16(21-14)26-6-2-5-19-12(24)8-10-3-1-4-11(7-10)9-23(15)17(25)20-13;1-4-14(5-2,6-3)12-13-10-8-7-9-11-13;;;;/h9-11,13H,6-8,12,14-15H2,1-5H3,(H2,25,27,28);7-9,11H,5-6,10,12-13H2,1-4H3,(H2,24,26,27);3,5-6,9H,2,4,7-8,10-11,20H2,1H3,(H,26,27)(H2,21,23,24);1,3-4,7H,2,5-6,8-9H2,(H,19,24)(H,20,25)(H2,18,21,22);7-11H,4-6,12H2,1-3H3;1H4;1H;;/q;;;;+1;;;;/p-1. The van der Waals surface area contributed by atoms with Crippen LogP contribution in [0.4, 0.5) is 23.3 Å². The average molecular weight is 2220 g/mol. The van der Waals surface area contributed by atoms with Gasteiger partial charge in [0.2, 0.25) is 5.91 Å². The second-order valence-corrected chi connectivity index (χ2v) is 34.2. The molecular formula is C96H129BrClN23O14WY. The van der Waals surface area contributed by atoms with Crippen molar-refractivity contribution >= 4 is 108 Å². The number of nitrogens with two attached hydrogens (primary N) is 5. The van der Waals surface area contributed by atoms with Gasteiger partial charge >= 0.3 is 47.6 Å². The molecule has 137 heavy (non-hydrogen) atoms. The summed E-state index contributed by atoms with van der Waals surface area (Å²) in [7, 11) is 0. The molecule has 8 aromatic heterocycles. The number of carbonyl (C=O) groups is 4. The largest absolute Gasteiger partial charge is 1.00 e. The van der Waals surface area contributed by atoms with Gasteiger partial charge in [-0.05, 0) is 169 Å². The van der Waals surface area contributed by atoms with Crippen LogP contribution in [-0.4, -0.2) is 195 Å². The number of nitrogens with one attached hydrogen (secondary N) is 2. The van der Waals surface area contributed by atoms with Crippen molar-refractivity contribution in [2.45, 2.75) is 206 Å². The Morgan fingerprint density at radius 3 is 1.39 bits per heavy atom. The monoisotopic (exact) mass is 2210 g/mol. The van der Waals surface area contributed by atoms with Crippen LogP contribution in [-0.2, 0) is 141 Å². The summed E-state index contributed by atoms with van der Waals surface area (Å²) in [6, 6.07) is 42.7. The Hall–Kier alpha value is -11.5. The number of aromatic nitrogens is 16. The first kappa shape index (κ1) is 114. The second kappa shape index (κ2) is 55.2. The molecule has 13 N–H and O–H groups in total. The van der Waals surface area contributed by atoms with Crippen molar-refractivity contribution in [3.05, 3.63) is 193 Å². The van der Waals surface area contributed by atoms with Gasteiger partial charge in [0.25, 0.3) is 12.0 Å². The Kier molecular flexibility index (Phi) is 46.0. The van der Waals surface area contributed by atoms with E-state index in [2.05, 4.69) is 146 Å². The third-order valence-electron chi connectivity index (χ3n) is 20.7. The van der Waals surface area contributed by atoms with E-state index in [0.717, 1.165) is 64.6 Å². The van der Waals surface area contributed by atoms with Gasteiger partial charge in [0.15, 0.2) is 67.1 Å². The number of carboxylic acids is 1. The first-order valence-corrected chi connectivity index (χ1v) is 45.6. The van der Waals surface area contributed by atoms with E-state index in [1.807, 2.05) is 156 Å². The van der Waals surface area contributed by atoms with Crippen LogP contribution in [0.15, 0.2) is 137 Å². The number of aliphatic carboxylic acids is 1. The Morgan fingerprint density at radius 1 is 0.511 bits per heavy atom. The fraction of sp³-hybridized carbons (Fsp3) is 0.438. The number of imidazole rings is 4. The van der Waals surface area contributed by atoms with Gasteiger partial charge in [-0.3, -0.25) is 37.4 Å². The molecule has 0 saturated carbocycles. The van der Waals surface area contributed by atoms with Crippen molar-refractivity contribution in [1.82, 2.24) is 83.4 Å². The zero-order valence-corrected chi connectivity index (χ0v) is 87.7. The summed E-state index contributed by atoms with van der Waals surface area (Å²) < 4.78 is 53.5. The fourth-order valence-electron chi connectivity index (χ4n) is 14.2. The van der Waals surface area contributed by atoms with Gasteiger partial charge in [-0.2, -0.15) is 49.8 Å². The van der Waals surface area contributed by atoms with Crippen LogP contribution >= 0.6 is 15.9 Å². The summed E-state index contributed by atoms with van der Waals surface area (Å²) in [5, 5.41) is 11.9. The van der Waals surface area contributed by atoms with E-state index in [1.54, 1.807) is 10.6 Å². The molecule has 37 nitrogen and oxygen atoms in total. The molecule has 0 saturated heterocycles. The number of quaternary nitrogens is 1. The topological polar surface area (TPSA) is 499 Å². The number of H-pyrrole nitrogens is 1. The molecule has 4 bridgehead atoms. The maximum atomic E-state index is 12.4. The number of carboxylic acid groups (broad SMARTS) is 1. The molecule has 0 fully saturated rings. The van der Waals surface area contributed by atoms with Crippen LogP contribution in [0.1, 0.15) is 186 Å². The van der Waals surface area contributed by atoms with Crippen molar-refractivity contribution in [1.29, 1.82) is 0 Å². The van der Waals surface area contributed by atoms with E-state index in [0.29, 0.717) is 159 Å². The first-order valence-electron chi connectivity index (χ1n) is 44.9. The Morgan fingerprint density at radius 2 is 0.942 bits per heavy atom. The third kappa shape index (κ3) is 34.2. The van der Waals surface area contributed by atoms with Crippen LogP contribution < -0.4 is 80.5 Å². The SMILES string of the molecule is C.CCCCOc1nc(N)c2nc(Br)n(Cc3cccc(CC(=O)OC(C)(C)C)c3)c2n1.CCCCOc1nc(N)c2nc(OCC)n(Cc3cccc(CC(=O)OC(C)(C)C)c3)c2n1.CCOc1nc2c(N)nc(OCCCN)nc2n1Cc1cccc(CC(=O)O)c1.CC[N+](CC)(CC)Cc1ccccc1.Nc1nc2nc3c1[nH]c(=O)n3Cc1cccc(c1)CC(=O)NCCCO2.[Cl-].[W].[Y]. The molecular weight excluding hydrogens is 2090 g/mol. The minimum atomic E-state index is -0.884. The van der Waals surface area contributed by atoms with Crippen molar-refractivity contribution < 1.29 is 133 Å². The van der Waals surface area contributed by atoms with E-state index in [-0.39, 0.29) is 170 Å². The minimum Gasteiger partial charge on any atom is -1.00 e. The minimum absolute atomic E-state index is 0. The predicted octanol–water partition coefficient (Wildman–Crippen LogP) is 10.3. The van der Waals surface area contributed by atoms with Crippen molar-refractivity contribution in [3.8, 4) is 36.1 Å². The van der Waals surface area contributed by atoms with Gasteiger partial charge in [0.05, 0.1) is 111 Å². The van der Waals surface area contributed by atoms with Crippen LogP contribution in [0.5, 0.6) is 36.1 Å². The van der Waals surface area contributed by atoms with Crippen LogP contribution in [0.3, 0.4) is 0 Å². The van der Waals surface area contributed by atoms with Gasteiger partial charge in [0.1, 0.15) is 23.3 Å². The number of hydrogen-bond acceptors (Lipinski definition) is 29. The summed E-state index contributed by atoms with van der Waals surface area (Å²) in [6.45, 7) is 35.9. The number of anilines is 4. The molecule has 0 atom stereocenters. The molecule has 0 aliphatic carbocycles. The number of hydrogen-bond donors (Lipinski definition) is 8. The van der Waals surface area contributed by atoms with Crippen LogP contribution in [0.25, 0.3) is 44.7 Å². The number of fused-ring (bicyclic) bond motifs is 6. The number of nitrogen functional groups attached to an aromatic ring is 4. The molecule has 1 amide bonds. The molecule has 5 aromatic carbocycles. The molecule has 1 aliphatic heterocycles. The van der Waals surface area contributed by atoms with Gasteiger partial charge in [-0.25, -0.2) is 9.78 Å². The summed E-state index contributed by atoms with van der Waals surface area (Å²) in [6.07, 6.45) is 5.74. The molecule has 735 valence electrons. The first-order chi connectivity index (χ1) is 63.7. The Labute approximate surface area is 852 Å². The van der Waals surface area contributed by atoms with Crippen LogP contribution in [0.2, 0.25) is 0 Å². The number of benzene rings is 5. The summed E-state index contributed by atoms with van der Waals surface area (Å²) >= 11 is 3.50. The second-order valence-electron chi connectivity index (χ2n) is 33.5. The van der Waals surface area contributed by atoms with Crippen molar-refractivity contribution in [2.75, 3.05) is 95.3 Å². The molecule has 41 heteroatoms. The van der Waals surface area contributed by atoms with E-state index < -0.39 is 17.2 Å². The van der Waals surface area contributed by atoms with Gasteiger partial charge < -0.3 is 98.9 Å². The molecule has 13 aromatic rings. The third-order valence-corrected chi connectivity index (χ3v) is 21.3. The number of nitrogens with zero attached hydrogens (tertiary/aromatic N) is 16. The molecule has 0 spiro atoms. The molecule has 1 aliphatic rings. The van der Waals surface area contributed by atoms with Gasteiger partial charge in [-0.1, -0.05) is 162 Å². The average Bonchev–Trinajstić information content (AvgIpc) is 1.64. The van der Waals surface area contributed by atoms with E-state index in [1.165, 1.54) is 40.8 Å². The number of unbranched alkanes of at least 4 members (excludes halogenated alkanes) is 2. The fourth-order valence-corrected chi connectivity index (χ4v) is 14.6. The predicted molar refractivity (Wildman–Crippen MR) is 520 cm³/mol. The van der Waals surface area contributed by atoms with Crippen LogP contribution in [0, 0.1) is 0 Å². The maximum absolute atomic E-state index is 12.4. The number of carbonyl (C=O) groups excluding carboxylic acids is 3. The maximum Gasteiger partial charge on any atom is 0.328 e. The summed E-state index contributed by atoms with van der Waals surface area (Å²) in [5.41, 5.74) is 40.7. The molecule has 9 heterocycles. The summed E-state index contributed by atoms with van der Waals surface area (Å²) in [5.74, 6) is -0.599. The van der Waals surface area contributed by atoms with Crippen molar-refractivity contribution in [3.63, 3.8) is 0 Å². The normalized spacial score (nSPS) is 11.8. The van der Waals surface area contributed by atoms with E-state index >= 15 is 0 Å². The molecule has 0 unspecified atom stereocenters. The van der Waals surface area contributed by atoms with Gasteiger partial charge in [0, 0.05) is 65.9 Å². The van der Waals surface area contributed by atoms with Crippen molar-refractivity contribution in [2.24, 2.45) is 5.73 Å². The van der Waals surface area contributed by atoms with E-state index in [9.17, 15) is 24.0 Å². The number of halogens is 2.